The third kappa shape index (κ3) is 3.15. The summed E-state index contributed by atoms with van der Waals surface area (Å²) in [4.78, 5) is 11.8. The van der Waals surface area contributed by atoms with Gasteiger partial charge in [0.1, 0.15) is 5.58 Å². The predicted octanol–water partition coefficient (Wildman–Crippen LogP) is 2.35. The van der Waals surface area contributed by atoms with Crippen LogP contribution >= 0.6 is 0 Å². The predicted molar refractivity (Wildman–Crippen MR) is 74.3 cm³/mol. The van der Waals surface area contributed by atoms with Gasteiger partial charge in [-0.15, -0.1) is 0 Å². The Morgan fingerprint density at radius 3 is 2.89 bits per heavy atom. The van der Waals surface area contributed by atoms with Crippen LogP contribution in [0.4, 0.5) is 0 Å². The first-order valence-electron chi connectivity index (χ1n) is 6.34. The molecule has 4 heteroatoms. The number of ether oxygens (including phenoxy) is 1. The zero-order valence-electron chi connectivity index (χ0n) is 11.6. The molecule has 2 aromatic rings. The van der Waals surface area contributed by atoms with E-state index in [-0.39, 0.29) is 5.91 Å². The maximum Gasteiger partial charge on any atom is 0.224 e. The Hall–Kier alpha value is -1.81. The maximum absolute atomic E-state index is 11.8. The minimum absolute atomic E-state index is 0.0141. The molecule has 4 nitrogen and oxygen atoms in total. The molecule has 0 aliphatic carbocycles. The summed E-state index contributed by atoms with van der Waals surface area (Å²) in [7, 11) is 1.61. The molecule has 102 valence electrons. The highest BCUT2D eigenvalue weighted by molar-refractivity contribution is 5.90. The number of nitrogens with one attached hydrogen (secondary N) is 1. The normalized spacial score (nSPS) is 10.9. The number of carbonyl (C=O) groups excluding carboxylic acids is 1. The molecule has 0 atom stereocenters. The lowest BCUT2D eigenvalue weighted by atomic mass is 10.0. The molecule has 0 unspecified atom stereocenters. The largest absolute Gasteiger partial charge is 0.464 e. The molecular formula is C15H19NO3. The summed E-state index contributed by atoms with van der Waals surface area (Å²) in [5.74, 6) is -0.0141. The zero-order valence-corrected chi connectivity index (χ0v) is 11.6. The van der Waals surface area contributed by atoms with Gasteiger partial charge in [0, 0.05) is 24.6 Å². The Balaban J connectivity index is 2.15. The van der Waals surface area contributed by atoms with Crippen molar-refractivity contribution in [3.8, 4) is 0 Å². The molecule has 1 N–H and O–H groups in total. The van der Waals surface area contributed by atoms with Crippen molar-refractivity contribution in [2.24, 2.45) is 0 Å². The van der Waals surface area contributed by atoms with Gasteiger partial charge >= 0.3 is 0 Å². The van der Waals surface area contributed by atoms with Crippen LogP contribution in [0.1, 0.15) is 16.7 Å². The van der Waals surface area contributed by atoms with Crippen LogP contribution in [0.3, 0.4) is 0 Å². The fourth-order valence-corrected chi connectivity index (χ4v) is 2.28. The van der Waals surface area contributed by atoms with Crippen LogP contribution < -0.4 is 5.32 Å². The van der Waals surface area contributed by atoms with E-state index >= 15 is 0 Å². The number of hydrogen-bond acceptors (Lipinski definition) is 3. The van der Waals surface area contributed by atoms with Crippen molar-refractivity contribution >= 4 is 16.9 Å². The van der Waals surface area contributed by atoms with E-state index in [1.165, 1.54) is 0 Å². The summed E-state index contributed by atoms with van der Waals surface area (Å²) in [5.41, 5.74) is 4.08. The first-order chi connectivity index (χ1) is 9.11. The number of aryl methyl sites for hydroxylation is 2. The lowest BCUT2D eigenvalue weighted by Crippen LogP contribution is -2.28. The number of hydrogen-bond donors (Lipinski definition) is 1. The summed E-state index contributed by atoms with van der Waals surface area (Å²) in [5, 5.41) is 3.86. The van der Waals surface area contributed by atoms with Crippen LogP contribution in [0, 0.1) is 13.8 Å². The molecule has 1 aromatic heterocycles. The van der Waals surface area contributed by atoms with Crippen LogP contribution in [0.25, 0.3) is 11.0 Å². The van der Waals surface area contributed by atoms with Crippen molar-refractivity contribution in [1.29, 1.82) is 0 Å². The van der Waals surface area contributed by atoms with Crippen molar-refractivity contribution < 1.29 is 13.9 Å². The second-order valence-electron chi connectivity index (χ2n) is 4.74. The van der Waals surface area contributed by atoms with Crippen LogP contribution in [-0.2, 0) is 16.0 Å². The topological polar surface area (TPSA) is 51.5 Å². The third-order valence-electron chi connectivity index (χ3n) is 3.07. The lowest BCUT2D eigenvalue weighted by Gasteiger charge is -2.04. The van der Waals surface area contributed by atoms with Crippen LogP contribution in [0.2, 0.25) is 0 Å². The van der Waals surface area contributed by atoms with E-state index in [9.17, 15) is 4.79 Å². The Kier molecular flexibility index (Phi) is 4.22. The molecule has 0 aliphatic rings. The van der Waals surface area contributed by atoms with Crippen LogP contribution in [0.5, 0.6) is 0 Å². The Labute approximate surface area is 112 Å². The number of rotatable bonds is 5. The van der Waals surface area contributed by atoms with E-state index in [4.69, 9.17) is 9.15 Å². The molecule has 2 rings (SSSR count). The maximum atomic E-state index is 11.8. The van der Waals surface area contributed by atoms with Crippen molar-refractivity contribution in [2.45, 2.75) is 20.3 Å². The molecule has 0 aliphatic heterocycles. The highest BCUT2D eigenvalue weighted by Crippen LogP contribution is 2.26. The minimum Gasteiger partial charge on any atom is -0.464 e. The summed E-state index contributed by atoms with van der Waals surface area (Å²) < 4.78 is 10.4. The number of furan rings is 1. The molecule has 0 bridgehead atoms. The zero-order chi connectivity index (χ0) is 13.8. The average molecular weight is 261 g/mol. The van der Waals surface area contributed by atoms with E-state index in [0.717, 1.165) is 27.7 Å². The quantitative estimate of drug-likeness (QED) is 0.841. The van der Waals surface area contributed by atoms with Crippen molar-refractivity contribution in [3.05, 3.63) is 35.1 Å². The van der Waals surface area contributed by atoms with Gasteiger partial charge in [0.2, 0.25) is 5.91 Å². The molecule has 0 saturated carbocycles. The number of methoxy groups -OCH3 is 1. The molecule has 0 spiro atoms. The molecule has 0 saturated heterocycles. The first kappa shape index (κ1) is 13.6. The van der Waals surface area contributed by atoms with Crippen LogP contribution in [-0.4, -0.2) is 26.2 Å². The van der Waals surface area contributed by atoms with Gasteiger partial charge in [-0.25, -0.2) is 0 Å². The van der Waals surface area contributed by atoms with Gasteiger partial charge in [-0.1, -0.05) is 6.07 Å². The molecule has 19 heavy (non-hydrogen) atoms. The minimum atomic E-state index is -0.0141. The lowest BCUT2D eigenvalue weighted by molar-refractivity contribution is -0.120. The number of benzene rings is 1. The van der Waals surface area contributed by atoms with E-state index < -0.39 is 0 Å². The fraction of sp³-hybridized carbons (Fsp3) is 0.400. The van der Waals surface area contributed by atoms with Gasteiger partial charge in [0.05, 0.1) is 19.3 Å². The van der Waals surface area contributed by atoms with E-state index in [0.29, 0.717) is 19.6 Å². The summed E-state index contributed by atoms with van der Waals surface area (Å²) in [6.45, 7) is 5.13. The second kappa shape index (κ2) is 5.89. The first-order valence-corrected chi connectivity index (χ1v) is 6.34. The number of fused-ring (bicyclic) bond motifs is 1. The molecule has 0 fully saturated rings. The molecule has 1 aromatic carbocycles. The SMILES string of the molecule is COCCNC(=O)Cc1coc2cc(C)cc(C)c12. The smallest absolute Gasteiger partial charge is 0.224 e. The van der Waals surface area contributed by atoms with Crippen molar-refractivity contribution in [3.63, 3.8) is 0 Å². The standard InChI is InChI=1S/C15H19NO3/c1-10-6-11(2)15-12(9-19-13(15)7-10)8-14(17)16-4-5-18-3/h6-7,9H,4-5,8H2,1-3H3,(H,16,17). The molecule has 0 radical (unpaired) electrons. The molecule has 1 amide bonds. The summed E-state index contributed by atoms with van der Waals surface area (Å²) in [6.07, 6.45) is 2.01. The molecule has 1 heterocycles. The third-order valence-corrected chi connectivity index (χ3v) is 3.07. The van der Waals surface area contributed by atoms with Gasteiger partial charge in [0.15, 0.2) is 0 Å². The van der Waals surface area contributed by atoms with E-state index in [1.807, 2.05) is 19.9 Å². The average Bonchev–Trinajstić information content (AvgIpc) is 2.72. The van der Waals surface area contributed by atoms with Gasteiger partial charge in [-0.05, 0) is 31.0 Å². The van der Waals surface area contributed by atoms with E-state index in [1.54, 1.807) is 13.4 Å². The Bertz CT molecular complexity index is 586. The van der Waals surface area contributed by atoms with Crippen LogP contribution in [0.15, 0.2) is 22.8 Å². The van der Waals surface area contributed by atoms with Crippen molar-refractivity contribution in [2.75, 3.05) is 20.3 Å². The van der Waals surface area contributed by atoms with Crippen molar-refractivity contribution in [1.82, 2.24) is 5.32 Å². The monoisotopic (exact) mass is 261 g/mol. The van der Waals surface area contributed by atoms with Gasteiger partial charge in [-0.3, -0.25) is 4.79 Å². The van der Waals surface area contributed by atoms with E-state index in [2.05, 4.69) is 11.4 Å². The fourth-order valence-electron chi connectivity index (χ4n) is 2.28. The summed E-state index contributed by atoms with van der Waals surface area (Å²) >= 11 is 0. The number of amides is 1. The highest BCUT2D eigenvalue weighted by Gasteiger charge is 2.12. The van der Waals surface area contributed by atoms with Gasteiger partial charge in [-0.2, -0.15) is 0 Å². The van der Waals surface area contributed by atoms with Gasteiger partial charge < -0.3 is 14.5 Å². The summed E-state index contributed by atoms with van der Waals surface area (Å²) in [6, 6.07) is 4.10. The molecular weight excluding hydrogens is 242 g/mol. The van der Waals surface area contributed by atoms with Gasteiger partial charge in [0.25, 0.3) is 0 Å². The highest BCUT2D eigenvalue weighted by atomic mass is 16.5. The Morgan fingerprint density at radius 2 is 2.16 bits per heavy atom. The second-order valence-corrected chi connectivity index (χ2v) is 4.74. The Morgan fingerprint density at radius 1 is 1.37 bits per heavy atom. The number of carbonyl (C=O) groups is 1.